The molecular formula is C11H21N3O4S. The Balaban J connectivity index is 3.03. The Morgan fingerprint density at radius 3 is 2.21 bits per heavy atom. The normalized spacial score (nSPS) is 20.3. The molecule has 1 aliphatic rings. The van der Waals surface area contributed by atoms with Crippen LogP contribution in [0.25, 0.3) is 0 Å². The molecule has 0 aliphatic heterocycles. The quantitative estimate of drug-likeness (QED) is 0.291. The first-order valence-corrected chi connectivity index (χ1v) is 7.96. The lowest BCUT2D eigenvalue weighted by Gasteiger charge is -2.32. The molecule has 0 aromatic carbocycles. The van der Waals surface area contributed by atoms with Crippen LogP contribution in [0.15, 0.2) is 5.16 Å². The molecule has 0 unspecified atom stereocenters. The maximum atomic E-state index is 12.2. The van der Waals surface area contributed by atoms with Crippen molar-refractivity contribution in [3.05, 3.63) is 0 Å². The highest BCUT2D eigenvalue weighted by Gasteiger charge is 2.46. The summed E-state index contributed by atoms with van der Waals surface area (Å²) < 4.78 is 21.7. The zero-order valence-corrected chi connectivity index (χ0v) is 12.2. The van der Waals surface area contributed by atoms with Gasteiger partial charge in [0.15, 0.2) is 15.7 Å². The zero-order valence-electron chi connectivity index (χ0n) is 11.4. The summed E-state index contributed by atoms with van der Waals surface area (Å²) in [6.45, 7) is 2.68. The highest BCUT2D eigenvalue weighted by atomic mass is 32.2. The van der Waals surface area contributed by atoms with Crippen molar-refractivity contribution in [3.63, 3.8) is 0 Å². The summed E-state index contributed by atoms with van der Waals surface area (Å²) in [4.78, 5) is 12.2. The highest BCUT2D eigenvalue weighted by molar-refractivity contribution is 7.92. The smallest absolute Gasteiger partial charge is 0.241 e. The van der Waals surface area contributed by atoms with Gasteiger partial charge in [0, 0.05) is 6.26 Å². The summed E-state index contributed by atoms with van der Waals surface area (Å²) in [5, 5.41) is 14.5. The molecule has 1 saturated carbocycles. The van der Waals surface area contributed by atoms with Crippen LogP contribution in [0.5, 0.6) is 0 Å². The van der Waals surface area contributed by atoms with E-state index < -0.39 is 26.0 Å². The second kappa shape index (κ2) is 4.99. The van der Waals surface area contributed by atoms with Crippen LogP contribution in [-0.2, 0) is 14.6 Å². The molecule has 0 bridgehead atoms. The number of amides is 1. The predicted molar refractivity (Wildman–Crippen MR) is 71.7 cm³/mol. The number of rotatable bonds is 4. The van der Waals surface area contributed by atoms with E-state index in [0.717, 1.165) is 19.1 Å². The topological polar surface area (TPSA) is 122 Å². The molecule has 0 radical (unpaired) electrons. The average molecular weight is 291 g/mol. The van der Waals surface area contributed by atoms with Crippen LogP contribution in [0.3, 0.4) is 0 Å². The lowest BCUT2D eigenvalue weighted by atomic mass is 9.95. The fourth-order valence-corrected chi connectivity index (χ4v) is 2.44. The van der Waals surface area contributed by atoms with Crippen molar-refractivity contribution >= 4 is 21.6 Å². The molecule has 19 heavy (non-hydrogen) atoms. The average Bonchev–Trinajstić information content (AvgIpc) is 2.76. The van der Waals surface area contributed by atoms with Gasteiger partial charge in [0.05, 0.1) is 0 Å². The Kier molecular flexibility index (Phi) is 4.14. The largest absolute Gasteiger partial charge is 0.409 e. The summed E-state index contributed by atoms with van der Waals surface area (Å²) in [5.74, 6) is -0.717. The van der Waals surface area contributed by atoms with E-state index in [9.17, 15) is 13.2 Å². The highest BCUT2D eigenvalue weighted by Crippen LogP contribution is 2.31. The fourth-order valence-electron chi connectivity index (χ4n) is 2.06. The first-order chi connectivity index (χ1) is 8.57. The minimum absolute atomic E-state index is 0.0809. The molecule has 0 aromatic heterocycles. The minimum Gasteiger partial charge on any atom is -0.409 e. The number of hydrogen-bond donors (Lipinski definition) is 3. The third-order valence-corrected chi connectivity index (χ3v) is 5.92. The van der Waals surface area contributed by atoms with Crippen molar-refractivity contribution in [2.24, 2.45) is 10.9 Å². The number of carbonyl (C=O) groups excluding carboxylic acids is 1. The van der Waals surface area contributed by atoms with Crippen LogP contribution in [0.2, 0.25) is 0 Å². The number of nitrogens with zero attached hydrogens (tertiary/aromatic N) is 1. The van der Waals surface area contributed by atoms with Gasteiger partial charge >= 0.3 is 0 Å². The molecule has 7 nitrogen and oxygen atoms in total. The van der Waals surface area contributed by atoms with E-state index in [1.165, 1.54) is 13.8 Å². The summed E-state index contributed by atoms with van der Waals surface area (Å²) in [6.07, 6.45) is 3.74. The van der Waals surface area contributed by atoms with Crippen molar-refractivity contribution in [2.75, 3.05) is 6.26 Å². The Morgan fingerprint density at radius 2 is 1.84 bits per heavy atom. The lowest BCUT2D eigenvalue weighted by Crippen LogP contribution is -2.61. The van der Waals surface area contributed by atoms with E-state index >= 15 is 0 Å². The van der Waals surface area contributed by atoms with Crippen LogP contribution in [0.4, 0.5) is 0 Å². The first-order valence-electron chi connectivity index (χ1n) is 6.07. The van der Waals surface area contributed by atoms with Gasteiger partial charge in [-0.25, -0.2) is 8.42 Å². The molecule has 1 amide bonds. The molecule has 8 heteroatoms. The summed E-state index contributed by atoms with van der Waals surface area (Å²) >= 11 is 0. The van der Waals surface area contributed by atoms with Crippen LogP contribution < -0.4 is 11.1 Å². The van der Waals surface area contributed by atoms with E-state index in [0.29, 0.717) is 12.8 Å². The number of nitrogens with one attached hydrogen (secondary N) is 1. The number of oxime groups is 1. The molecule has 0 saturated heterocycles. The van der Waals surface area contributed by atoms with Gasteiger partial charge in [-0.3, -0.25) is 4.79 Å². The van der Waals surface area contributed by atoms with E-state index in [-0.39, 0.29) is 5.84 Å². The molecular weight excluding hydrogens is 270 g/mol. The standard InChI is InChI=1S/C11H21N3O4S/c1-10(2,19(3,17)18)9(15)13-11(8(12)14-16)6-4-5-7-11/h16H,4-7H2,1-3H3,(H2,12,14)(H,13,15). The maximum Gasteiger partial charge on any atom is 0.241 e. The molecule has 110 valence electrons. The van der Waals surface area contributed by atoms with Gasteiger partial charge in [-0.2, -0.15) is 0 Å². The van der Waals surface area contributed by atoms with Crippen molar-refractivity contribution < 1.29 is 18.4 Å². The first kappa shape index (κ1) is 15.7. The molecule has 1 rings (SSSR count). The Bertz CT molecular complexity index is 490. The number of amidine groups is 1. The van der Waals surface area contributed by atoms with Crippen LogP contribution in [0.1, 0.15) is 39.5 Å². The Hall–Kier alpha value is -1.31. The lowest BCUT2D eigenvalue weighted by molar-refractivity contribution is -0.124. The number of hydrogen-bond acceptors (Lipinski definition) is 5. The third kappa shape index (κ3) is 2.83. The van der Waals surface area contributed by atoms with E-state index in [1.54, 1.807) is 0 Å². The SMILES string of the molecule is CC(C)(C(=O)NC1(C(N)=NO)CCCC1)S(C)(=O)=O. The minimum atomic E-state index is -3.56. The van der Waals surface area contributed by atoms with Crippen molar-refractivity contribution in [2.45, 2.75) is 49.8 Å². The predicted octanol–water partition coefficient (Wildman–Crippen LogP) is -0.0150. The third-order valence-electron chi connectivity index (χ3n) is 3.88. The zero-order chi connectivity index (χ0) is 14.9. The summed E-state index contributed by atoms with van der Waals surface area (Å²) in [5.41, 5.74) is 4.71. The van der Waals surface area contributed by atoms with Crippen molar-refractivity contribution in [1.82, 2.24) is 5.32 Å². The summed E-state index contributed by atoms with van der Waals surface area (Å²) in [7, 11) is -3.56. The molecule has 1 aliphatic carbocycles. The molecule has 1 fully saturated rings. The Morgan fingerprint density at radius 1 is 1.37 bits per heavy atom. The van der Waals surface area contributed by atoms with Gasteiger partial charge in [-0.05, 0) is 26.7 Å². The van der Waals surface area contributed by atoms with E-state index in [1.807, 2.05) is 0 Å². The van der Waals surface area contributed by atoms with Gasteiger partial charge in [0.2, 0.25) is 5.91 Å². The van der Waals surface area contributed by atoms with Crippen LogP contribution in [-0.4, -0.2) is 41.9 Å². The Labute approximate surface area is 113 Å². The maximum absolute atomic E-state index is 12.2. The number of nitrogens with two attached hydrogens (primary N) is 1. The van der Waals surface area contributed by atoms with E-state index in [2.05, 4.69) is 10.5 Å². The molecule has 0 heterocycles. The van der Waals surface area contributed by atoms with Gasteiger partial charge in [0.1, 0.15) is 10.3 Å². The van der Waals surface area contributed by atoms with Crippen molar-refractivity contribution in [3.8, 4) is 0 Å². The molecule has 0 atom stereocenters. The van der Waals surface area contributed by atoms with Gasteiger partial charge in [0.25, 0.3) is 0 Å². The van der Waals surface area contributed by atoms with Crippen LogP contribution >= 0.6 is 0 Å². The molecule has 0 spiro atoms. The molecule has 0 aromatic rings. The van der Waals surface area contributed by atoms with E-state index in [4.69, 9.17) is 10.9 Å². The van der Waals surface area contributed by atoms with Gasteiger partial charge in [-0.1, -0.05) is 18.0 Å². The number of sulfone groups is 1. The number of carbonyl (C=O) groups is 1. The van der Waals surface area contributed by atoms with Crippen molar-refractivity contribution in [1.29, 1.82) is 0 Å². The second-order valence-corrected chi connectivity index (χ2v) is 8.08. The summed E-state index contributed by atoms with van der Waals surface area (Å²) in [6, 6.07) is 0. The fraction of sp³-hybridized carbons (Fsp3) is 0.818. The second-order valence-electron chi connectivity index (χ2n) is 5.51. The monoisotopic (exact) mass is 291 g/mol. The van der Waals surface area contributed by atoms with Crippen LogP contribution in [0, 0.1) is 0 Å². The van der Waals surface area contributed by atoms with Gasteiger partial charge in [-0.15, -0.1) is 0 Å². The molecule has 4 N–H and O–H groups in total. The van der Waals surface area contributed by atoms with Gasteiger partial charge < -0.3 is 16.3 Å².